The van der Waals surface area contributed by atoms with Crippen LogP contribution in [-0.2, 0) is 0 Å². The van der Waals surface area contributed by atoms with Gasteiger partial charge in [0.05, 0.1) is 0 Å². The second-order valence-electron chi connectivity index (χ2n) is 4.76. The van der Waals surface area contributed by atoms with Gasteiger partial charge in [0.15, 0.2) is 0 Å². The molecule has 2 aromatic rings. The highest BCUT2D eigenvalue weighted by atomic mass is 35.5. The molecule has 2 aromatic carbocycles. The SMILES string of the molecule is Cc1ccc(NSC(=O)NC(=O)c2cccc(Cl)c2)cc1C. The van der Waals surface area contributed by atoms with Gasteiger partial charge in [-0.15, -0.1) is 0 Å². The average Bonchev–Trinajstić information content (AvgIpc) is 2.48. The van der Waals surface area contributed by atoms with Gasteiger partial charge in [-0.25, -0.2) is 0 Å². The molecule has 6 heteroatoms. The summed E-state index contributed by atoms with van der Waals surface area (Å²) in [6, 6.07) is 12.2. The Morgan fingerprint density at radius 3 is 2.50 bits per heavy atom. The fraction of sp³-hybridized carbons (Fsp3) is 0.125. The summed E-state index contributed by atoms with van der Waals surface area (Å²) in [4.78, 5) is 23.7. The van der Waals surface area contributed by atoms with Gasteiger partial charge in [0, 0.05) is 28.2 Å². The minimum Gasteiger partial charge on any atom is -0.322 e. The van der Waals surface area contributed by atoms with Gasteiger partial charge in [-0.3, -0.25) is 14.9 Å². The molecule has 2 amide bonds. The van der Waals surface area contributed by atoms with E-state index in [0.717, 1.165) is 23.2 Å². The van der Waals surface area contributed by atoms with Crippen molar-refractivity contribution < 1.29 is 9.59 Å². The molecular formula is C16H15ClN2O2S. The number of hydrogen-bond acceptors (Lipinski definition) is 4. The number of nitrogens with one attached hydrogen (secondary N) is 2. The van der Waals surface area contributed by atoms with Crippen LogP contribution in [-0.4, -0.2) is 11.1 Å². The van der Waals surface area contributed by atoms with Gasteiger partial charge in [-0.1, -0.05) is 23.7 Å². The van der Waals surface area contributed by atoms with Crippen molar-refractivity contribution in [1.82, 2.24) is 5.32 Å². The van der Waals surface area contributed by atoms with Crippen LogP contribution in [0, 0.1) is 13.8 Å². The molecule has 22 heavy (non-hydrogen) atoms. The van der Waals surface area contributed by atoms with E-state index in [9.17, 15) is 9.59 Å². The van der Waals surface area contributed by atoms with Crippen molar-refractivity contribution in [2.24, 2.45) is 0 Å². The fourth-order valence-electron chi connectivity index (χ4n) is 1.73. The van der Waals surface area contributed by atoms with Crippen LogP contribution in [0.25, 0.3) is 0 Å². The Morgan fingerprint density at radius 1 is 1.05 bits per heavy atom. The molecule has 0 aliphatic carbocycles. The van der Waals surface area contributed by atoms with Crippen molar-refractivity contribution in [2.75, 3.05) is 4.72 Å². The van der Waals surface area contributed by atoms with Crippen LogP contribution in [0.4, 0.5) is 10.5 Å². The van der Waals surface area contributed by atoms with Crippen molar-refractivity contribution >= 4 is 40.4 Å². The van der Waals surface area contributed by atoms with E-state index in [-0.39, 0.29) is 0 Å². The molecule has 0 saturated carbocycles. The Bertz CT molecular complexity index is 719. The zero-order chi connectivity index (χ0) is 16.1. The van der Waals surface area contributed by atoms with E-state index >= 15 is 0 Å². The van der Waals surface area contributed by atoms with Crippen LogP contribution in [0.3, 0.4) is 0 Å². The molecule has 0 fully saturated rings. The summed E-state index contributed by atoms with van der Waals surface area (Å²) in [5.74, 6) is -0.484. The molecule has 0 heterocycles. The maximum absolute atomic E-state index is 11.9. The van der Waals surface area contributed by atoms with Crippen molar-refractivity contribution in [1.29, 1.82) is 0 Å². The van der Waals surface area contributed by atoms with Gasteiger partial charge in [0.1, 0.15) is 0 Å². The average molecular weight is 335 g/mol. The Kier molecular flexibility index (Phi) is 5.46. The van der Waals surface area contributed by atoms with Gasteiger partial charge in [-0.05, 0) is 55.3 Å². The quantitative estimate of drug-likeness (QED) is 0.807. The second-order valence-corrected chi connectivity index (χ2v) is 5.97. The predicted octanol–water partition coefficient (Wildman–Crippen LogP) is 4.57. The number of halogens is 1. The molecule has 0 unspecified atom stereocenters. The third-order valence-electron chi connectivity index (χ3n) is 3.07. The molecule has 0 atom stereocenters. The monoisotopic (exact) mass is 334 g/mol. The van der Waals surface area contributed by atoms with Crippen LogP contribution < -0.4 is 10.0 Å². The number of aryl methyl sites for hydroxylation is 2. The van der Waals surface area contributed by atoms with E-state index in [4.69, 9.17) is 11.6 Å². The highest BCUT2D eigenvalue weighted by Crippen LogP contribution is 2.18. The summed E-state index contributed by atoms with van der Waals surface area (Å²) in [6.07, 6.45) is 0. The Balaban J connectivity index is 1.90. The topological polar surface area (TPSA) is 58.2 Å². The van der Waals surface area contributed by atoms with Crippen molar-refractivity contribution in [2.45, 2.75) is 13.8 Å². The standard InChI is InChI=1S/C16H15ClN2O2S/c1-10-6-7-14(8-11(10)2)19-22-16(21)18-15(20)12-4-3-5-13(17)9-12/h3-9,19H,1-2H3,(H,18,20,21). The Labute approximate surface area is 138 Å². The summed E-state index contributed by atoms with van der Waals surface area (Å²) in [5.41, 5.74) is 3.45. The fourth-order valence-corrected chi connectivity index (χ4v) is 2.40. The van der Waals surface area contributed by atoms with E-state index in [2.05, 4.69) is 10.0 Å². The van der Waals surface area contributed by atoms with Crippen molar-refractivity contribution in [3.63, 3.8) is 0 Å². The van der Waals surface area contributed by atoms with Crippen LogP contribution in [0.1, 0.15) is 21.5 Å². The molecule has 114 valence electrons. The molecular weight excluding hydrogens is 320 g/mol. The van der Waals surface area contributed by atoms with Crippen molar-refractivity contribution in [3.05, 3.63) is 64.2 Å². The maximum atomic E-state index is 11.9. The van der Waals surface area contributed by atoms with Gasteiger partial charge >= 0.3 is 5.24 Å². The van der Waals surface area contributed by atoms with Gasteiger partial charge in [-0.2, -0.15) is 0 Å². The summed E-state index contributed by atoms with van der Waals surface area (Å²) in [6.45, 7) is 4.01. The minimum atomic E-state index is -0.484. The molecule has 0 aliphatic rings. The van der Waals surface area contributed by atoms with E-state index in [1.54, 1.807) is 18.2 Å². The van der Waals surface area contributed by atoms with Crippen LogP contribution >= 0.6 is 23.5 Å². The van der Waals surface area contributed by atoms with E-state index < -0.39 is 11.1 Å². The summed E-state index contributed by atoms with van der Waals surface area (Å²) >= 11 is 6.63. The first-order chi connectivity index (χ1) is 10.5. The normalized spacial score (nSPS) is 10.1. The van der Waals surface area contributed by atoms with Gasteiger partial charge in [0.2, 0.25) is 0 Å². The van der Waals surface area contributed by atoms with E-state index in [1.807, 2.05) is 32.0 Å². The number of benzene rings is 2. The summed E-state index contributed by atoms with van der Waals surface area (Å²) in [5, 5.41) is 2.25. The number of carbonyl (C=O) groups is 2. The predicted molar refractivity (Wildman–Crippen MR) is 91.4 cm³/mol. The molecule has 2 N–H and O–H groups in total. The molecule has 0 radical (unpaired) electrons. The molecule has 0 aliphatic heterocycles. The maximum Gasteiger partial charge on any atom is 0.306 e. The molecule has 0 aromatic heterocycles. The summed E-state index contributed by atoms with van der Waals surface area (Å²) < 4.78 is 2.91. The molecule has 4 nitrogen and oxygen atoms in total. The third kappa shape index (κ3) is 4.51. The molecule has 0 bridgehead atoms. The first-order valence-electron chi connectivity index (χ1n) is 6.56. The smallest absolute Gasteiger partial charge is 0.306 e. The van der Waals surface area contributed by atoms with Crippen LogP contribution in [0.2, 0.25) is 5.02 Å². The minimum absolute atomic E-state index is 0.340. The van der Waals surface area contributed by atoms with Gasteiger partial charge in [0.25, 0.3) is 5.91 Å². The lowest BCUT2D eigenvalue weighted by atomic mass is 10.1. The molecule has 0 saturated heterocycles. The van der Waals surface area contributed by atoms with Gasteiger partial charge < -0.3 is 4.72 Å². The van der Waals surface area contributed by atoms with Crippen molar-refractivity contribution in [3.8, 4) is 0 Å². The largest absolute Gasteiger partial charge is 0.322 e. The number of carbonyl (C=O) groups excluding carboxylic acids is 2. The highest BCUT2D eigenvalue weighted by Gasteiger charge is 2.11. The lowest BCUT2D eigenvalue weighted by Crippen LogP contribution is -2.27. The number of imide groups is 1. The Hall–Kier alpha value is -1.98. The first kappa shape index (κ1) is 16.4. The number of amides is 2. The summed E-state index contributed by atoms with van der Waals surface area (Å²) in [7, 11) is 0. The second kappa shape index (κ2) is 7.33. The highest BCUT2D eigenvalue weighted by molar-refractivity contribution is 8.14. The lowest BCUT2D eigenvalue weighted by Gasteiger charge is -2.08. The van der Waals surface area contributed by atoms with Crippen LogP contribution in [0.5, 0.6) is 0 Å². The number of anilines is 1. The lowest BCUT2D eigenvalue weighted by molar-refractivity contribution is 0.0969. The third-order valence-corrected chi connectivity index (χ3v) is 3.93. The molecule has 2 rings (SSSR count). The Morgan fingerprint density at radius 2 is 1.82 bits per heavy atom. The van der Waals surface area contributed by atoms with Crippen LogP contribution in [0.15, 0.2) is 42.5 Å². The number of hydrogen-bond donors (Lipinski definition) is 2. The van der Waals surface area contributed by atoms with E-state index in [0.29, 0.717) is 10.6 Å². The zero-order valence-corrected chi connectivity index (χ0v) is 13.7. The number of rotatable bonds is 3. The van der Waals surface area contributed by atoms with E-state index in [1.165, 1.54) is 11.6 Å². The zero-order valence-electron chi connectivity index (χ0n) is 12.1. The molecule has 0 spiro atoms. The first-order valence-corrected chi connectivity index (χ1v) is 7.76.